The van der Waals surface area contributed by atoms with Crippen molar-refractivity contribution < 1.29 is 29.3 Å². The molecular formula is C11H19O6-. The monoisotopic (exact) mass is 247 g/mol. The number of rotatable bonds is 11. The first-order chi connectivity index (χ1) is 8.16. The Balaban J connectivity index is 3.19. The van der Waals surface area contributed by atoms with Crippen molar-refractivity contribution in [1.29, 1.82) is 0 Å². The highest BCUT2D eigenvalue weighted by Gasteiger charge is 2.02. The topological polar surface area (TPSA) is 95.9 Å². The van der Waals surface area contributed by atoms with E-state index in [4.69, 9.17) is 14.6 Å². The first kappa shape index (κ1) is 15.9. The van der Waals surface area contributed by atoms with Crippen molar-refractivity contribution in [2.75, 3.05) is 26.4 Å². The lowest BCUT2D eigenvalue weighted by molar-refractivity contribution is -0.305. The molecule has 0 aromatic carbocycles. The molecule has 0 amide bonds. The van der Waals surface area contributed by atoms with Crippen molar-refractivity contribution in [2.45, 2.75) is 32.1 Å². The van der Waals surface area contributed by atoms with Crippen LogP contribution in [0.1, 0.15) is 32.1 Å². The summed E-state index contributed by atoms with van der Waals surface area (Å²) >= 11 is 0. The zero-order chi connectivity index (χ0) is 12.9. The van der Waals surface area contributed by atoms with E-state index in [0.29, 0.717) is 26.1 Å². The van der Waals surface area contributed by atoms with Gasteiger partial charge in [-0.15, -0.1) is 0 Å². The molecule has 0 aliphatic carbocycles. The Hall–Kier alpha value is -1.14. The van der Waals surface area contributed by atoms with Gasteiger partial charge in [0.05, 0.1) is 6.61 Å². The van der Waals surface area contributed by atoms with Crippen LogP contribution in [0, 0.1) is 0 Å². The van der Waals surface area contributed by atoms with Crippen molar-refractivity contribution >= 4 is 11.9 Å². The summed E-state index contributed by atoms with van der Waals surface area (Å²) in [5.74, 6) is -1.56. The number of aliphatic carboxylic acids is 1. The summed E-state index contributed by atoms with van der Waals surface area (Å²) < 4.78 is 9.98. The van der Waals surface area contributed by atoms with Crippen LogP contribution in [0.5, 0.6) is 0 Å². The zero-order valence-corrected chi connectivity index (χ0v) is 9.85. The highest BCUT2D eigenvalue weighted by Crippen LogP contribution is 1.97. The molecule has 6 heteroatoms. The second-order valence-corrected chi connectivity index (χ2v) is 3.49. The van der Waals surface area contributed by atoms with Crippen molar-refractivity contribution in [3.8, 4) is 0 Å². The Morgan fingerprint density at radius 1 is 1.00 bits per heavy atom. The van der Waals surface area contributed by atoms with Crippen molar-refractivity contribution in [1.82, 2.24) is 0 Å². The van der Waals surface area contributed by atoms with Crippen LogP contribution in [0.15, 0.2) is 0 Å². The molecule has 0 saturated heterocycles. The molecule has 0 atom stereocenters. The number of carboxylic acid groups (broad SMARTS) is 1. The van der Waals surface area contributed by atoms with Gasteiger partial charge < -0.3 is 24.5 Å². The van der Waals surface area contributed by atoms with Crippen LogP contribution in [0.25, 0.3) is 0 Å². The molecule has 0 aromatic rings. The Labute approximate surface area is 101 Å². The predicted octanol–water partition coefficient (Wildman–Crippen LogP) is -0.761. The largest absolute Gasteiger partial charge is 0.550 e. The Morgan fingerprint density at radius 3 is 2.35 bits per heavy atom. The molecule has 0 fully saturated rings. The van der Waals surface area contributed by atoms with Crippen molar-refractivity contribution in [3.63, 3.8) is 0 Å². The number of ether oxygens (including phenoxy) is 2. The number of hydrogen-bond donors (Lipinski definition) is 1. The Bertz CT molecular complexity index is 216. The maximum atomic E-state index is 11.1. The number of aliphatic hydroxyl groups is 1. The molecule has 0 aliphatic heterocycles. The lowest BCUT2D eigenvalue weighted by Crippen LogP contribution is -2.22. The van der Waals surface area contributed by atoms with E-state index in [1.54, 1.807) is 0 Å². The fourth-order valence-corrected chi connectivity index (χ4v) is 1.06. The van der Waals surface area contributed by atoms with E-state index in [-0.39, 0.29) is 32.5 Å². The number of carbonyl (C=O) groups is 2. The van der Waals surface area contributed by atoms with Gasteiger partial charge in [-0.05, 0) is 19.3 Å². The molecule has 100 valence electrons. The summed E-state index contributed by atoms with van der Waals surface area (Å²) in [5.41, 5.74) is 0. The average molecular weight is 247 g/mol. The predicted molar refractivity (Wildman–Crippen MR) is 57.0 cm³/mol. The standard InChI is InChI=1S/C11H20O6/c12-6-2-7-16-8-3-9-17-11(15)5-1-4-10(13)14/h12H,1-9H2,(H,13,14)/p-1. The molecule has 6 nitrogen and oxygen atoms in total. The fraction of sp³-hybridized carbons (Fsp3) is 0.818. The van der Waals surface area contributed by atoms with Gasteiger partial charge >= 0.3 is 5.97 Å². The van der Waals surface area contributed by atoms with Crippen molar-refractivity contribution in [3.05, 3.63) is 0 Å². The van der Waals surface area contributed by atoms with Crippen LogP contribution >= 0.6 is 0 Å². The average Bonchev–Trinajstić information content (AvgIpc) is 2.27. The smallest absolute Gasteiger partial charge is 0.305 e. The molecule has 0 radical (unpaired) electrons. The number of carbonyl (C=O) groups excluding carboxylic acids is 2. The van der Waals surface area contributed by atoms with Crippen LogP contribution in [0.2, 0.25) is 0 Å². The van der Waals surface area contributed by atoms with Gasteiger partial charge in [-0.1, -0.05) is 0 Å². The van der Waals surface area contributed by atoms with E-state index in [1.807, 2.05) is 0 Å². The molecule has 0 aromatic heterocycles. The minimum absolute atomic E-state index is 0.0966. The zero-order valence-electron chi connectivity index (χ0n) is 9.85. The van der Waals surface area contributed by atoms with Crippen LogP contribution in [0.3, 0.4) is 0 Å². The minimum Gasteiger partial charge on any atom is -0.550 e. The third kappa shape index (κ3) is 12.8. The SMILES string of the molecule is O=C([O-])CCCC(=O)OCCCOCCCO. The fourth-order valence-electron chi connectivity index (χ4n) is 1.06. The molecular weight excluding hydrogens is 228 g/mol. The summed E-state index contributed by atoms with van der Waals surface area (Å²) in [7, 11) is 0. The van der Waals surface area contributed by atoms with Crippen LogP contribution in [0.4, 0.5) is 0 Å². The molecule has 0 unspecified atom stereocenters. The third-order valence-corrected chi connectivity index (χ3v) is 1.90. The summed E-state index contributed by atoms with van der Waals surface area (Å²) in [5, 5.41) is 18.5. The highest BCUT2D eigenvalue weighted by atomic mass is 16.5. The van der Waals surface area contributed by atoms with Gasteiger partial charge in [0.1, 0.15) is 0 Å². The third-order valence-electron chi connectivity index (χ3n) is 1.90. The van der Waals surface area contributed by atoms with E-state index in [9.17, 15) is 14.7 Å². The maximum absolute atomic E-state index is 11.1. The molecule has 0 saturated carbocycles. The van der Waals surface area contributed by atoms with Gasteiger partial charge in [-0.2, -0.15) is 0 Å². The summed E-state index contributed by atoms with van der Waals surface area (Å²) in [6, 6.07) is 0. The van der Waals surface area contributed by atoms with E-state index >= 15 is 0 Å². The minimum atomic E-state index is -1.16. The van der Waals surface area contributed by atoms with Crippen LogP contribution < -0.4 is 5.11 Å². The number of aliphatic hydroxyl groups excluding tert-OH is 1. The molecule has 1 N–H and O–H groups in total. The van der Waals surface area contributed by atoms with Gasteiger partial charge in [0.2, 0.25) is 0 Å². The second kappa shape index (κ2) is 11.3. The second-order valence-electron chi connectivity index (χ2n) is 3.49. The molecule has 0 aliphatic rings. The Morgan fingerprint density at radius 2 is 1.71 bits per heavy atom. The summed E-state index contributed by atoms with van der Waals surface area (Å²) in [4.78, 5) is 21.1. The highest BCUT2D eigenvalue weighted by molar-refractivity contribution is 5.70. The maximum Gasteiger partial charge on any atom is 0.305 e. The lowest BCUT2D eigenvalue weighted by Gasteiger charge is -2.05. The molecule has 0 spiro atoms. The normalized spacial score (nSPS) is 10.2. The van der Waals surface area contributed by atoms with Crippen molar-refractivity contribution in [2.24, 2.45) is 0 Å². The quantitative estimate of drug-likeness (QED) is 0.381. The molecule has 17 heavy (non-hydrogen) atoms. The first-order valence-electron chi connectivity index (χ1n) is 5.71. The van der Waals surface area contributed by atoms with Gasteiger partial charge in [0.15, 0.2) is 0 Å². The summed E-state index contributed by atoms with van der Waals surface area (Å²) in [6.45, 7) is 1.35. The summed E-state index contributed by atoms with van der Waals surface area (Å²) in [6.07, 6.45) is 1.41. The van der Waals surface area contributed by atoms with Gasteiger partial charge in [-0.25, -0.2) is 0 Å². The first-order valence-corrected chi connectivity index (χ1v) is 5.71. The van der Waals surface area contributed by atoms with Gasteiger partial charge in [-0.3, -0.25) is 4.79 Å². The van der Waals surface area contributed by atoms with E-state index in [0.717, 1.165) is 0 Å². The number of carboxylic acids is 1. The molecule has 0 bridgehead atoms. The van der Waals surface area contributed by atoms with Crippen LogP contribution in [-0.2, 0) is 19.1 Å². The molecule has 0 rings (SSSR count). The molecule has 0 heterocycles. The lowest BCUT2D eigenvalue weighted by atomic mass is 10.2. The van der Waals surface area contributed by atoms with Gasteiger partial charge in [0.25, 0.3) is 0 Å². The number of esters is 1. The Kier molecular flexibility index (Phi) is 10.6. The number of hydrogen-bond acceptors (Lipinski definition) is 6. The van der Waals surface area contributed by atoms with E-state index < -0.39 is 11.9 Å². The van der Waals surface area contributed by atoms with Crippen LogP contribution in [-0.4, -0.2) is 43.5 Å². The van der Waals surface area contributed by atoms with E-state index in [1.165, 1.54) is 0 Å². The van der Waals surface area contributed by atoms with E-state index in [2.05, 4.69) is 0 Å². The van der Waals surface area contributed by atoms with Gasteiger partial charge in [0, 0.05) is 38.6 Å².